The normalized spacial score (nSPS) is 52.5. The molecule has 0 radical (unpaired) electrons. The van der Waals surface area contributed by atoms with E-state index in [4.69, 9.17) is 0 Å². The van der Waals surface area contributed by atoms with Gasteiger partial charge in [-0.25, -0.2) is 4.39 Å². The number of aliphatic hydroxyl groups excluding tert-OH is 1. The molecule has 4 nitrogen and oxygen atoms in total. The summed E-state index contributed by atoms with van der Waals surface area (Å²) >= 11 is 1.00. The van der Waals surface area contributed by atoms with Crippen LogP contribution in [0.3, 0.4) is 0 Å². The second-order valence-corrected chi connectivity index (χ2v) is 10.4. The molecule has 2 N–H and O–H groups in total. The molecule has 0 unspecified atom stereocenters. The molecule has 0 aromatic heterocycles. The van der Waals surface area contributed by atoms with Crippen molar-refractivity contribution in [1.82, 2.24) is 0 Å². The molecule has 0 aliphatic heterocycles. The highest BCUT2D eigenvalue weighted by Crippen LogP contribution is 2.70. The van der Waals surface area contributed by atoms with Crippen LogP contribution < -0.4 is 0 Å². The number of aliphatic hydroxyl groups is 2. The number of allylic oxidation sites excluding steroid dienone is 4. The minimum Gasteiger partial charge on any atom is -0.390 e. The Kier molecular flexibility index (Phi) is 4.36. The quantitative estimate of drug-likeness (QED) is 0.697. The molecule has 3 saturated carbocycles. The Bertz CT molecular complexity index is 808. The van der Waals surface area contributed by atoms with Gasteiger partial charge in [-0.15, -0.1) is 0 Å². The van der Waals surface area contributed by atoms with E-state index in [1.165, 1.54) is 12.2 Å². The number of thioether (sulfide) groups is 1. The van der Waals surface area contributed by atoms with Crippen molar-refractivity contribution in [2.45, 2.75) is 63.8 Å². The summed E-state index contributed by atoms with van der Waals surface area (Å²) in [5, 5.41) is 22.4. The van der Waals surface area contributed by atoms with Crippen molar-refractivity contribution in [3.63, 3.8) is 0 Å². The molecule has 8 atom stereocenters. The van der Waals surface area contributed by atoms with Gasteiger partial charge in [-0.1, -0.05) is 37.3 Å². The van der Waals surface area contributed by atoms with E-state index in [9.17, 15) is 19.8 Å². The number of alkyl halides is 1. The van der Waals surface area contributed by atoms with Crippen LogP contribution in [0.4, 0.5) is 4.39 Å². The summed E-state index contributed by atoms with van der Waals surface area (Å²) in [6.07, 6.45) is 6.56. The lowest BCUT2D eigenvalue weighted by Gasteiger charge is -2.62. The lowest BCUT2D eigenvalue weighted by atomic mass is 9.45. The Morgan fingerprint density at radius 1 is 1.32 bits per heavy atom. The third-order valence-corrected chi connectivity index (χ3v) is 9.40. The van der Waals surface area contributed by atoms with Crippen LogP contribution in [-0.4, -0.2) is 44.7 Å². The van der Waals surface area contributed by atoms with Crippen molar-refractivity contribution in [2.75, 3.05) is 6.26 Å². The van der Waals surface area contributed by atoms with Crippen LogP contribution in [0, 0.1) is 28.6 Å². The zero-order valence-electron chi connectivity index (χ0n) is 16.9. The topological polar surface area (TPSA) is 74.6 Å². The molecular weight excluding hydrogens is 379 g/mol. The molecular formula is C22H29FO4S. The number of halogens is 1. The molecule has 4 rings (SSSR count). The molecule has 4 aliphatic carbocycles. The van der Waals surface area contributed by atoms with E-state index in [1.807, 2.05) is 13.8 Å². The maximum Gasteiger partial charge on any atom is 0.221 e. The summed E-state index contributed by atoms with van der Waals surface area (Å²) < 4.78 is 16.9. The highest BCUT2D eigenvalue weighted by atomic mass is 32.2. The highest BCUT2D eigenvalue weighted by Gasteiger charge is 2.75. The third-order valence-electron chi connectivity index (χ3n) is 8.72. The van der Waals surface area contributed by atoms with E-state index in [0.717, 1.165) is 17.3 Å². The fourth-order valence-corrected chi connectivity index (χ4v) is 7.88. The van der Waals surface area contributed by atoms with Crippen molar-refractivity contribution < 1.29 is 24.2 Å². The first-order chi connectivity index (χ1) is 13.0. The van der Waals surface area contributed by atoms with Crippen molar-refractivity contribution in [3.05, 3.63) is 23.8 Å². The molecule has 4 aliphatic rings. The van der Waals surface area contributed by atoms with Crippen LogP contribution >= 0.6 is 11.8 Å². The average molecular weight is 409 g/mol. The predicted octanol–water partition coefficient (Wildman–Crippen LogP) is 3.22. The Morgan fingerprint density at radius 2 is 2.00 bits per heavy atom. The lowest BCUT2D eigenvalue weighted by molar-refractivity contribution is -0.216. The van der Waals surface area contributed by atoms with Gasteiger partial charge in [-0.3, -0.25) is 9.59 Å². The highest BCUT2D eigenvalue weighted by molar-refractivity contribution is 8.13. The molecule has 154 valence electrons. The van der Waals surface area contributed by atoms with Gasteiger partial charge < -0.3 is 10.2 Å². The van der Waals surface area contributed by atoms with Crippen LogP contribution in [0.2, 0.25) is 0 Å². The van der Waals surface area contributed by atoms with E-state index in [-0.39, 0.29) is 29.2 Å². The number of fused-ring (bicyclic) bond motifs is 5. The van der Waals surface area contributed by atoms with E-state index < -0.39 is 34.1 Å². The minimum atomic E-state index is -1.92. The summed E-state index contributed by atoms with van der Waals surface area (Å²) in [5.74, 6) is -1.13. The molecule has 0 bridgehead atoms. The summed E-state index contributed by atoms with van der Waals surface area (Å²) in [6, 6.07) is 0. The van der Waals surface area contributed by atoms with Crippen LogP contribution in [0.5, 0.6) is 0 Å². The lowest BCUT2D eigenvalue weighted by Crippen LogP contribution is -2.69. The number of carbonyl (C=O) groups is 2. The van der Waals surface area contributed by atoms with E-state index in [2.05, 4.69) is 0 Å². The van der Waals surface area contributed by atoms with Crippen molar-refractivity contribution >= 4 is 22.7 Å². The molecule has 0 saturated heterocycles. The van der Waals surface area contributed by atoms with Crippen molar-refractivity contribution in [1.29, 1.82) is 0 Å². The SMILES string of the molecule is CSC(=O)[C@@]1(O)[C@@H](C)C[C@H]2[C@@H]3CCC4=CC(=O)C=C[C@]4(C)[C@@]3(F)[C@@H](O)C[C@@]21C. The number of ketones is 1. The first kappa shape index (κ1) is 20.3. The molecule has 0 spiro atoms. The van der Waals surface area contributed by atoms with Gasteiger partial charge in [0.15, 0.2) is 11.5 Å². The molecule has 28 heavy (non-hydrogen) atoms. The fraction of sp³-hybridized carbons (Fsp3) is 0.727. The van der Waals surface area contributed by atoms with Gasteiger partial charge in [0.25, 0.3) is 0 Å². The van der Waals surface area contributed by atoms with Crippen LogP contribution in [0.1, 0.15) is 46.5 Å². The zero-order chi connectivity index (χ0) is 20.7. The maximum absolute atomic E-state index is 16.9. The average Bonchev–Trinajstić information content (AvgIpc) is 2.84. The van der Waals surface area contributed by atoms with Crippen LogP contribution in [-0.2, 0) is 9.59 Å². The number of hydrogen-bond acceptors (Lipinski definition) is 5. The maximum atomic E-state index is 16.9. The van der Waals surface area contributed by atoms with Gasteiger partial charge in [-0.05, 0) is 62.9 Å². The largest absolute Gasteiger partial charge is 0.390 e. The molecule has 0 aromatic rings. The summed E-state index contributed by atoms with van der Waals surface area (Å²) in [4.78, 5) is 24.6. The molecule has 0 heterocycles. The molecule has 0 amide bonds. The summed E-state index contributed by atoms with van der Waals surface area (Å²) in [6.45, 7) is 5.49. The van der Waals surface area contributed by atoms with E-state index in [1.54, 1.807) is 19.3 Å². The predicted molar refractivity (Wildman–Crippen MR) is 106 cm³/mol. The molecule has 3 fully saturated rings. The first-order valence-corrected chi connectivity index (χ1v) is 11.3. The third kappa shape index (κ3) is 2.09. The Labute approximate surface area is 169 Å². The van der Waals surface area contributed by atoms with Gasteiger partial charge in [0.05, 0.1) is 6.10 Å². The minimum absolute atomic E-state index is 0.0302. The zero-order valence-corrected chi connectivity index (χ0v) is 17.7. The standard InChI is InChI=1S/C22H29FO4S/c1-12-9-16-15-6-5-13-10-14(24)7-8-19(13,2)21(15,23)17(25)11-20(16,3)22(12,27)18(26)28-4/h7-8,10,12,15-17,25,27H,5-6,9,11H2,1-4H3/t12-,15-,16-,17-,19-,20-,21-,22-/m0/s1. The number of carbonyl (C=O) groups excluding carboxylic acids is 2. The van der Waals surface area contributed by atoms with Crippen molar-refractivity contribution in [2.24, 2.45) is 28.6 Å². The number of rotatable bonds is 1. The van der Waals surface area contributed by atoms with Gasteiger partial charge in [0.1, 0.15) is 5.60 Å². The Balaban J connectivity index is 1.84. The Morgan fingerprint density at radius 3 is 2.64 bits per heavy atom. The molecule has 6 heteroatoms. The second-order valence-electron chi connectivity index (χ2n) is 9.66. The summed E-state index contributed by atoms with van der Waals surface area (Å²) in [5.41, 5.74) is -4.68. The molecule has 0 aromatic carbocycles. The number of hydrogen-bond donors (Lipinski definition) is 2. The smallest absolute Gasteiger partial charge is 0.221 e. The van der Waals surface area contributed by atoms with E-state index >= 15 is 4.39 Å². The summed E-state index contributed by atoms with van der Waals surface area (Å²) in [7, 11) is 0. The van der Waals surface area contributed by atoms with Gasteiger partial charge >= 0.3 is 0 Å². The monoisotopic (exact) mass is 408 g/mol. The van der Waals surface area contributed by atoms with Gasteiger partial charge in [0, 0.05) is 16.7 Å². The van der Waals surface area contributed by atoms with Crippen molar-refractivity contribution in [3.8, 4) is 0 Å². The Hall–Kier alpha value is -0.980. The fourth-order valence-electron chi connectivity index (χ4n) is 7.14. The van der Waals surface area contributed by atoms with Crippen LogP contribution in [0.25, 0.3) is 0 Å². The van der Waals surface area contributed by atoms with Crippen LogP contribution in [0.15, 0.2) is 23.8 Å². The second kappa shape index (κ2) is 6.02. The van der Waals surface area contributed by atoms with Gasteiger partial charge in [-0.2, -0.15) is 0 Å². The van der Waals surface area contributed by atoms with E-state index in [0.29, 0.717) is 19.3 Å². The van der Waals surface area contributed by atoms with Gasteiger partial charge in [0.2, 0.25) is 5.12 Å². The first-order valence-electron chi connectivity index (χ1n) is 10.1.